The van der Waals surface area contributed by atoms with E-state index in [1.807, 2.05) is 6.92 Å². The first-order valence-corrected chi connectivity index (χ1v) is 11.7. The molecule has 3 aromatic carbocycles. The zero-order chi connectivity index (χ0) is 24.7. The topological polar surface area (TPSA) is 102 Å². The van der Waals surface area contributed by atoms with Crippen LogP contribution >= 0.6 is 0 Å². The average Bonchev–Trinajstić information content (AvgIpc) is 2.83. The second-order valence-electron chi connectivity index (χ2n) is 7.01. The Morgan fingerprint density at radius 3 is 2.12 bits per heavy atom. The van der Waals surface area contributed by atoms with Gasteiger partial charge in [-0.15, -0.1) is 0 Å². The SMILES string of the molecule is CCOc1ccc(S(=O)(=O)N(CC(=O)Nc2ccc(C(=O)OC)cc2)c2ccc(F)cc2)cc1. The zero-order valence-electron chi connectivity index (χ0n) is 18.5. The largest absolute Gasteiger partial charge is 0.494 e. The molecule has 0 heterocycles. The van der Waals surface area contributed by atoms with Crippen molar-refractivity contribution < 1.29 is 31.9 Å². The number of rotatable bonds is 9. The summed E-state index contributed by atoms with van der Waals surface area (Å²) in [6, 6.07) is 16.5. The molecule has 34 heavy (non-hydrogen) atoms. The van der Waals surface area contributed by atoms with Gasteiger partial charge in [0.25, 0.3) is 10.0 Å². The van der Waals surface area contributed by atoms with E-state index in [1.165, 1.54) is 67.8 Å². The Balaban J connectivity index is 1.86. The van der Waals surface area contributed by atoms with Crippen LogP contribution in [0.4, 0.5) is 15.8 Å². The third kappa shape index (κ3) is 5.90. The second kappa shape index (κ2) is 10.8. The Kier molecular flexibility index (Phi) is 7.85. The Labute approximate surface area is 197 Å². The molecule has 0 saturated carbocycles. The summed E-state index contributed by atoms with van der Waals surface area (Å²) in [6.07, 6.45) is 0. The quantitative estimate of drug-likeness (QED) is 0.461. The van der Waals surface area contributed by atoms with Gasteiger partial charge in [-0.1, -0.05) is 0 Å². The van der Waals surface area contributed by atoms with Crippen molar-refractivity contribution in [3.05, 3.63) is 84.2 Å². The molecule has 1 amide bonds. The second-order valence-corrected chi connectivity index (χ2v) is 8.87. The van der Waals surface area contributed by atoms with Gasteiger partial charge in [0.2, 0.25) is 5.91 Å². The van der Waals surface area contributed by atoms with E-state index in [9.17, 15) is 22.4 Å². The highest BCUT2D eigenvalue weighted by molar-refractivity contribution is 7.92. The van der Waals surface area contributed by atoms with Gasteiger partial charge >= 0.3 is 5.97 Å². The fraction of sp³-hybridized carbons (Fsp3) is 0.167. The number of carbonyl (C=O) groups is 2. The smallest absolute Gasteiger partial charge is 0.337 e. The van der Waals surface area contributed by atoms with Gasteiger partial charge in [-0.25, -0.2) is 17.6 Å². The third-order valence-electron chi connectivity index (χ3n) is 4.71. The first-order valence-electron chi connectivity index (χ1n) is 10.2. The van der Waals surface area contributed by atoms with Crippen LogP contribution in [0, 0.1) is 5.82 Å². The molecule has 0 fully saturated rings. The fourth-order valence-electron chi connectivity index (χ4n) is 3.06. The van der Waals surface area contributed by atoms with Crippen molar-refractivity contribution in [2.24, 2.45) is 0 Å². The lowest BCUT2D eigenvalue weighted by Crippen LogP contribution is -2.38. The predicted molar refractivity (Wildman–Crippen MR) is 125 cm³/mol. The van der Waals surface area contributed by atoms with Gasteiger partial charge in [-0.05, 0) is 79.7 Å². The number of amides is 1. The lowest BCUT2D eigenvalue weighted by atomic mass is 10.2. The first kappa shape index (κ1) is 24.7. The summed E-state index contributed by atoms with van der Waals surface area (Å²) in [5.74, 6) is -1.20. The normalized spacial score (nSPS) is 10.9. The summed E-state index contributed by atoms with van der Waals surface area (Å²) in [5.41, 5.74) is 0.771. The molecule has 0 aromatic heterocycles. The van der Waals surface area contributed by atoms with Gasteiger partial charge in [-0.2, -0.15) is 0 Å². The van der Waals surface area contributed by atoms with Crippen molar-refractivity contribution in [2.75, 3.05) is 29.9 Å². The molecular formula is C24H23FN2O6S. The molecule has 0 atom stereocenters. The maximum atomic E-state index is 13.5. The van der Waals surface area contributed by atoms with Crippen LogP contribution in [-0.2, 0) is 19.6 Å². The number of sulfonamides is 1. The third-order valence-corrected chi connectivity index (χ3v) is 6.50. The molecule has 10 heteroatoms. The summed E-state index contributed by atoms with van der Waals surface area (Å²) in [5, 5.41) is 2.60. The lowest BCUT2D eigenvalue weighted by molar-refractivity contribution is -0.114. The molecular weight excluding hydrogens is 463 g/mol. The Hall–Kier alpha value is -3.92. The van der Waals surface area contributed by atoms with Crippen LogP contribution in [0.1, 0.15) is 17.3 Å². The van der Waals surface area contributed by atoms with Crippen molar-refractivity contribution in [3.8, 4) is 5.75 Å². The molecule has 3 aromatic rings. The molecule has 0 saturated heterocycles. The monoisotopic (exact) mass is 486 g/mol. The van der Waals surface area contributed by atoms with Crippen molar-refractivity contribution in [1.82, 2.24) is 0 Å². The number of hydrogen-bond donors (Lipinski definition) is 1. The molecule has 3 rings (SSSR count). The highest BCUT2D eigenvalue weighted by Gasteiger charge is 2.27. The van der Waals surface area contributed by atoms with E-state index in [4.69, 9.17) is 4.74 Å². The zero-order valence-corrected chi connectivity index (χ0v) is 19.3. The van der Waals surface area contributed by atoms with Crippen molar-refractivity contribution in [1.29, 1.82) is 0 Å². The van der Waals surface area contributed by atoms with Gasteiger partial charge in [0.15, 0.2) is 0 Å². The number of hydrogen-bond acceptors (Lipinski definition) is 6. The molecule has 0 aliphatic carbocycles. The molecule has 178 valence electrons. The van der Waals surface area contributed by atoms with Crippen LogP contribution in [0.15, 0.2) is 77.7 Å². The Morgan fingerprint density at radius 2 is 1.56 bits per heavy atom. The summed E-state index contributed by atoms with van der Waals surface area (Å²) in [7, 11) is -2.92. The van der Waals surface area contributed by atoms with Crippen molar-refractivity contribution in [2.45, 2.75) is 11.8 Å². The number of methoxy groups -OCH3 is 1. The van der Waals surface area contributed by atoms with Crippen molar-refractivity contribution >= 4 is 33.3 Å². The summed E-state index contributed by atoms with van der Waals surface area (Å²) in [4.78, 5) is 24.3. The minimum atomic E-state index is -4.17. The van der Waals surface area contributed by atoms with Gasteiger partial charge in [-0.3, -0.25) is 9.10 Å². The van der Waals surface area contributed by atoms with Crippen LogP contribution in [-0.4, -0.2) is 40.6 Å². The number of esters is 1. The molecule has 0 spiro atoms. The number of halogens is 1. The highest BCUT2D eigenvalue weighted by Crippen LogP contribution is 2.25. The van der Waals surface area contributed by atoms with Crippen LogP contribution < -0.4 is 14.4 Å². The minimum Gasteiger partial charge on any atom is -0.494 e. The lowest BCUT2D eigenvalue weighted by Gasteiger charge is -2.24. The summed E-state index contributed by atoms with van der Waals surface area (Å²) in [6.45, 7) is 1.66. The number of nitrogens with zero attached hydrogens (tertiary/aromatic N) is 1. The molecule has 0 aliphatic heterocycles. The molecule has 0 bridgehead atoms. The van der Waals surface area contributed by atoms with Crippen molar-refractivity contribution in [3.63, 3.8) is 0 Å². The van der Waals surface area contributed by atoms with Crippen LogP contribution in [0.2, 0.25) is 0 Å². The molecule has 8 nitrogen and oxygen atoms in total. The molecule has 1 N–H and O–H groups in total. The summed E-state index contributed by atoms with van der Waals surface area (Å²) >= 11 is 0. The van der Waals surface area contributed by atoms with Crippen LogP contribution in [0.3, 0.4) is 0 Å². The number of ether oxygens (including phenoxy) is 2. The number of anilines is 2. The number of nitrogens with one attached hydrogen (secondary N) is 1. The molecule has 0 unspecified atom stereocenters. The predicted octanol–water partition coefficient (Wildman–Crippen LogP) is 3.85. The average molecular weight is 487 g/mol. The maximum absolute atomic E-state index is 13.5. The summed E-state index contributed by atoms with van der Waals surface area (Å²) < 4.78 is 51.1. The van der Waals surface area contributed by atoms with E-state index in [0.29, 0.717) is 23.6 Å². The molecule has 0 radical (unpaired) electrons. The first-order chi connectivity index (χ1) is 16.2. The number of carbonyl (C=O) groups excluding carboxylic acids is 2. The minimum absolute atomic E-state index is 0.0597. The van der Waals surface area contributed by atoms with Crippen LogP contribution in [0.25, 0.3) is 0 Å². The van der Waals surface area contributed by atoms with E-state index < -0.39 is 34.3 Å². The van der Waals surface area contributed by atoms with Gasteiger partial charge in [0.1, 0.15) is 18.1 Å². The van der Waals surface area contributed by atoms with E-state index in [1.54, 1.807) is 0 Å². The van der Waals surface area contributed by atoms with E-state index in [-0.39, 0.29) is 10.6 Å². The number of benzene rings is 3. The van der Waals surface area contributed by atoms with Crippen LogP contribution in [0.5, 0.6) is 5.75 Å². The fourth-order valence-corrected chi connectivity index (χ4v) is 4.48. The van der Waals surface area contributed by atoms with E-state index in [0.717, 1.165) is 16.4 Å². The molecule has 0 aliphatic rings. The van der Waals surface area contributed by atoms with Gasteiger partial charge in [0.05, 0.1) is 29.9 Å². The standard InChI is InChI=1S/C24H23FN2O6S/c1-3-33-21-12-14-22(15-13-21)34(30,31)27(20-10-6-18(25)7-11-20)16-23(28)26-19-8-4-17(5-9-19)24(29)32-2/h4-15H,3,16H2,1-2H3,(H,26,28). The Bertz CT molecular complexity index is 1240. The van der Waals surface area contributed by atoms with Gasteiger partial charge < -0.3 is 14.8 Å². The van der Waals surface area contributed by atoms with E-state index in [2.05, 4.69) is 10.1 Å². The van der Waals surface area contributed by atoms with Gasteiger partial charge in [0, 0.05) is 5.69 Å². The van der Waals surface area contributed by atoms with E-state index >= 15 is 0 Å². The maximum Gasteiger partial charge on any atom is 0.337 e. The Morgan fingerprint density at radius 1 is 0.941 bits per heavy atom. The highest BCUT2D eigenvalue weighted by atomic mass is 32.2.